The molecule has 6 heteroatoms. The van der Waals surface area contributed by atoms with Crippen LogP contribution in [0.1, 0.15) is 35.2 Å². The van der Waals surface area contributed by atoms with Gasteiger partial charge in [-0.3, -0.25) is 4.79 Å². The van der Waals surface area contributed by atoms with Gasteiger partial charge in [0.25, 0.3) is 5.91 Å². The maximum Gasteiger partial charge on any atom is 0.418 e. The van der Waals surface area contributed by atoms with Crippen LogP contribution < -0.4 is 10.6 Å². The monoisotopic (exact) mass is 286 g/mol. The van der Waals surface area contributed by atoms with Crippen LogP contribution in [0.5, 0.6) is 0 Å². The van der Waals surface area contributed by atoms with Crippen LogP contribution in [0.25, 0.3) is 0 Å². The molecule has 0 aromatic heterocycles. The zero-order valence-electron chi connectivity index (χ0n) is 11.2. The second-order valence-corrected chi connectivity index (χ2v) is 5.02. The molecule has 1 aliphatic carbocycles. The normalized spacial score (nSPS) is 15.6. The summed E-state index contributed by atoms with van der Waals surface area (Å²) in [5, 5.41) is 5.18. The molecule has 1 aromatic carbocycles. The Morgan fingerprint density at radius 1 is 1.35 bits per heavy atom. The molecule has 0 saturated heterocycles. The van der Waals surface area contributed by atoms with Gasteiger partial charge < -0.3 is 10.6 Å². The van der Waals surface area contributed by atoms with Gasteiger partial charge in [0, 0.05) is 24.8 Å². The van der Waals surface area contributed by atoms with Gasteiger partial charge in [0.15, 0.2) is 0 Å². The third-order valence-corrected chi connectivity index (χ3v) is 3.63. The van der Waals surface area contributed by atoms with Gasteiger partial charge in [-0.2, -0.15) is 13.2 Å². The molecular formula is C14H17F3N2O. The fourth-order valence-corrected chi connectivity index (χ4v) is 2.17. The number of hydrogen-bond donors (Lipinski definition) is 2. The Labute approximate surface area is 115 Å². The molecular weight excluding hydrogens is 269 g/mol. The Bertz CT molecular complexity index is 496. The van der Waals surface area contributed by atoms with E-state index in [2.05, 4.69) is 10.6 Å². The van der Waals surface area contributed by atoms with Crippen molar-refractivity contribution in [2.75, 3.05) is 18.9 Å². The van der Waals surface area contributed by atoms with E-state index in [-0.39, 0.29) is 11.3 Å². The average molecular weight is 286 g/mol. The highest BCUT2D eigenvalue weighted by Crippen LogP contribution is 2.35. The van der Waals surface area contributed by atoms with Gasteiger partial charge in [-0.15, -0.1) is 0 Å². The smallest absolute Gasteiger partial charge is 0.388 e. The summed E-state index contributed by atoms with van der Waals surface area (Å²) in [6.07, 6.45) is -1.17. The molecule has 0 heterocycles. The Kier molecular flexibility index (Phi) is 4.20. The van der Waals surface area contributed by atoms with E-state index in [4.69, 9.17) is 0 Å². The van der Waals surface area contributed by atoms with Gasteiger partial charge in [0.05, 0.1) is 5.56 Å². The Hall–Kier alpha value is -1.72. The maximum atomic E-state index is 12.9. The Morgan fingerprint density at radius 2 is 2.05 bits per heavy atom. The molecule has 1 fully saturated rings. The number of amides is 1. The van der Waals surface area contributed by atoms with Gasteiger partial charge in [0.2, 0.25) is 0 Å². The van der Waals surface area contributed by atoms with Crippen LogP contribution in [0.15, 0.2) is 18.2 Å². The van der Waals surface area contributed by atoms with Crippen molar-refractivity contribution in [1.82, 2.24) is 5.32 Å². The zero-order valence-corrected chi connectivity index (χ0v) is 11.2. The Morgan fingerprint density at radius 3 is 2.55 bits per heavy atom. The molecule has 0 atom stereocenters. The SMILES string of the molecule is CNc1ccc(C(=O)NCC2CCC2)cc1C(F)(F)F. The lowest BCUT2D eigenvalue weighted by molar-refractivity contribution is -0.136. The van der Waals surface area contributed by atoms with E-state index < -0.39 is 17.6 Å². The molecule has 0 aliphatic heterocycles. The molecule has 1 amide bonds. The van der Waals surface area contributed by atoms with E-state index in [0.717, 1.165) is 25.3 Å². The lowest BCUT2D eigenvalue weighted by Crippen LogP contribution is -2.32. The van der Waals surface area contributed by atoms with Crippen molar-refractivity contribution >= 4 is 11.6 Å². The van der Waals surface area contributed by atoms with E-state index in [9.17, 15) is 18.0 Å². The molecule has 1 aliphatic rings. The third kappa shape index (κ3) is 3.23. The molecule has 1 aromatic rings. The third-order valence-electron chi connectivity index (χ3n) is 3.63. The first kappa shape index (κ1) is 14.7. The largest absolute Gasteiger partial charge is 0.418 e. The quantitative estimate of drug-likeness (QED) is 0.892. The molecule has 2 rings (SSSR count). The highest BCUT2D eigenvalue weighted by Gasteiger charge is 2.34. The van der Waals surface area contributed by atoms with E-state index in [1.807, 2.05) is 0 Å². The van der Waals surface area contributed by atoms with Crippen molar-refractivity contribution in [3.05, 3.63) is 29.3 Å². The number of benzene rings is 1. The first-order valence-electron chi connectivity index (χ1n) is 6.59. The summed E-state index contributed by atoms with van der Waals surface area (Å²) in [4.78, 5) is 11.9. The summed E-state index contributed by atoms with van der Waals surface area (Å²) in [5.74, 6) is 0.0164. The predicted octanol–water partition coefficient (Wildman–Crippen LogP) is 3.28. The first-order valence-corrected chi connectivity index (χ1v) is 6.59. The topological polar surface area (TPSA) is 41.1 Å². The summed E-state index contributed by atoms with van der Waals surface area (Å²) < 4.78 is 38.7. The van der Waals surface area contributed by atoms with Crippen LogP contribution in [-0.4, -0.2) is 19.5 Å². The zero-order chi connectivity index (χ0) is 14.8. The average Bonchev–Trinajstić information content (AvgIpc) is 2.35. The Balaban J connectivity index is 2.12. The molecule has 0 bridgehead atoms. The molecule has 20 heavy (non-hydrogen) atoms. The fraction of sp³-hybridized carbons (Fsp3) is 0.500. The van der Waals surface area contributed by atoms with Crippen LogP contribution >= 0.6 is 0 Å². The molecule has 2 N–H and O–H groups in total. The van der Waals surface area contributed by atoms with Gasteiger partial charge in [0.1, 0.15) is 0 Å². The van der Waals surface area contributed by atoms with Crippen molar-refractivity contribution in [2.24, 2.45) is 5.92 Å². The minimum atomic E-state index is -4.48. The van der Waals surface area contributed by atoms with E-state index in [0.29, 0.717) is 12.5 Å². The van der Waals surface area contributed by atoms with Crippen LogP contribution in [-0.2, 0) is 6.18 Å². The number of hydrogen-bond acceptors (Lipinski definition) is 2. The van der Waals surface area contributed by atoms with Crippen LogP contribution in [0.4, 0.5) is 18.9 Å². The predicted molar refractivity (Wildman–Crippen MR) is 70.7 cm³/mol. The van der Waals surface area contributed by atoms with Gasteiger partial charge in [-0.25, -0.2) is 0 Å². The van der Waals surface area contributed by atoms with Crippen molar-refractivity contribution in [3.8, 4) is 0 Å². The number of carbonyl (C=O) groups is 1. The minimum Gasteiger partial charge on any atom is -0.388 e. The highest BCUT2D eigenvalue weighted by molar-refractivity contribution is 5.95. The summed E-state index contributed by atoms with van der Waals surface area (Å²) in [5.41, 5.74) is -0.819. The van der Waals surface area contributed by atoms with Crippen molar-refractivity contribution in [3.63, 3.8) is 0 Å². The highest BCUT2D eigenvalue weighted by atomic mass is 19.4. The van der Waals surface area contributed by atoms with E-state index >= 15 is 0 Å². The van der Waals surface area contributed by atoms with Crippen LogP contribution in [0.3, 0.4) is 0 Å². The summed E-state index contributed by atoms with van der Waals surface area (Å²) in [6, 6.07) is 3.57. The lowest BCUT2D eigenvalue weighted by atomic mass is 9.85. The fourth-order valence-electron chi connectivity index (χ4n) is 2.17. The number of nitrogens with one attached hydrogen (secondary N) is 2. The second kappa shape index (κ2) is 5.73. The number of anilines is 1. The van der Waals surface area contributed by atoms with E-state index in [1.165, 1.54) is 19.2 Å². The van der Waals surface area contributed by atoms with Gasteiger partial charge >= 0.3 is 6.18 Å². The van der Waals surface area contributed by atoms with Gasteiger partial charge in [-0.05, 0) is 37.0 Å². The number of rotatable bonds is 4. The lowest BCUT2D eigenvalue weighted by Gasteiger charge is -2.25. The number of carbonyl (C=O) groups excluding carboxylic acids is 1. The maximum absolute atomic E-state index is 12.9. The van der Waals surface area contributed by atoms with Crippen molar-refractivity contribution in [2.45, 2.75) is 25.4 Å². The molecule has 1 saturated carbocycles. The summed E-state index contributed by atoms with van der Waals surface area (Å²) in [6.45, 7) is 0.536. The second-order valence-electron chi connectivity index (χ2n) is 5.02. The van der Waals surface area contributed by atoms with Crippen LogP contribution in [0, 0.1) is 5.92 Å². The summed E-state index contributed by atoms with van der Waals surface area (Å²) in [7, 11) is 1.42. The molecule has 110 valence electrons. The standard InChI is InChI=1S/C14H17F3N2O/c1-18-12-6-5-10(7-11(12)14(15,16)17)13(20)19-8-9-3-2-4-9/h5-7,9,18H,2-4,8H2,1H3,(H,19,20). The molecule has 0 radical (unpaired) electrons. The number of halogens is 3. The van der Waals surface area contributed by atoms with E-state index in [1.54, 1.807) is 0 Å². The summed E-state index contributed by atoms with van der Waals surface area (Å²) >= 11 is 0. The molecule has 3 nitrogen and oxygen atoms in total. The van der Waals surface area contributed by atoms with Gasteiger partial charge in [-0.1, -0.05) is 6.42 Å². The number of alkyl halides is 3. The van der Waals surface area contributed by atoms with Crippen molar-refractivity contribution < 1.29 is 18.0 Å². The molecule has 0 unspecified atom stereocenters. The van der Waals surface area contributed by atoms with Crippen LogP contribution in [0.2, 0.25) is 0 Å². The first-order chi connectivity index (χ1) is 9.41. The minimum absolute atomic E-state index is 0.0342. The van der Waals surface area contributed by atoms with Crippen molar-refractivity contribution in [1.29, 1.82) is 0 Å². The molecule has 0 spiro atoms.